The Labute approximate surface area is 278 Å². The normalized spacial score (nSPS) is 12.7. The van der Waals surface area contributed by atoms with Gasteiger partial charge in [0.1, 0.15) is 0 Å². The first-order chi connectivity index (χ1) is 21.6. The number of allylic oxidation sites excluding steroid dienone is 1. The van der Waals surface area contributed by atoms with Crippen molar-refractivity contribution in [2.45, 2.75) is 11.3 Å². The standard InChI is InChI=1S/C36H19ClF4N4.Zn/c1-2-21-19-31-33(23-11-7-4-8-12-23)27-16-18-29(44-27)34(35(38,39)36(37,40)41)28-17-15-26(43-28)32(22-9-5-3-6-10-22)25-14-13-24(42-25)20-30(21)45-31;/h1,3-20H;/q-2;+2. The van der Waals surface area contributed by atoms with Crippen molar-refractivity contribution in [2.75, 3.05) is 0 Å². The zero-order valence-corrected chi connectivity index (χ0v) is 27.6. The van der Waals surface area contributed by atoms with Gasteiger partial charge in [0.2, 0.25) is 0 Å². The van der Waals surface area contributed by atoms with Gasteiger partial charge in [-0.05, 0) is 58.1 Å². The molecule has 0 saturated carbocycles. The van der Waals surface area contributed by atoms with Crippen molar-refractivity contribution < 1.29 is 37.0 Å². The maximum Gasteiger partial charge on any atom is 2.00 e. The molecule has 7 rings (SSSR count). The van der Waals surface area contributed by atoms with E-state index in [1.165, 1.54) is 24.3 Å². The van der Waals surface area contributed by atoms with Gasteiger partial charge in [-0.1, -0.05) is 90.8 Å². The second kappa shape index (κ2) is 11.9. The average Bonchev–Trinajstić information content (AvgIpc) is 3.84. The molecule has 0 saturated heterocycles. The van der Waals surface area contributed by atoms with E-state index in [2.05, 4.69) is 15.9 Å². The largest absolute Gasteiger partial charge is 2.00 e. The second-order valence-corrected chi connectivity index (χ2v) is 10.8. The van der Waals surface area contributed by atoms with Crippen LogP contribution in [0.25, 0.3) is 68.1 Å². The maximum absolute atomic E-state index is 15.7. The van der Waals surface area contributed by atoms with E-state index >= 15 is 8.78 Å². The van der Waals surface area contributed by atoms with Crippen molar-refractivity contribution >= 4 is 57.5 Å². The molecule has 46 heavy (non-hydrogen) atoms. The molecule has 220 valence electrons. The molecule has 0 N–H and O–H groups in total. The van der Waals surface area contributed by atoms with Crippen molar-refractivity contribution in [3.05, 3.63) is 119 Å². The van der Waals surface area contributed by atoms with Crippen molar-refractivity contribution in [1.82, 2.24) is 19.9 Å². The van der Waals surface area contributed by atoms with E-state index in [1.807, 2.05) is 36.4 Å². The fraction of sp³-hybridized carbons (Fsp3) is 0.0556. The Kier molecular flexibility index (Phi) is 8.06. The van der Waals surface area contributed by atoms with E-state index in [1.54, 1.807) is 48.5 Å². The Morgan fingerprint density at radius 3 is 1.87 bits per heavy atom. The Balaban J connectivity index is 0.00000372. The van der Waals surface area contributed by atoms with Gasteiger partial charge in [0.05, 0.1) is 28.3 Å². The molecule has 0 amide bonds. The van der Waals surface area contributed by atoms with Crippen molar-refractivity contribution in [2.24, 2.45) is 0 Å². The number of alkyl halides is 5. The summed E-state index contributed by atoms with van der Waals surface area (Å²) in [4.78, 5) is 18.5. The third kappa shape index (κ3) is 5.38. The number of hydrogen-bond acceptors (Lipinski definition) is 2. The van der Waals surface area contributed by atoms with Gasteiger partial charge in [-0.25, -0.2) is 9.97 Å². The molecule has 0 radical (unpaired) electrons. The zero-order chi connectivity index (χ0) is 31.3. The molecular weight excluding hydrogens is 665 g/mol. The van der Waals surface area contributed by atoms with Crippen molar-refractivity contribution in [1.29, 1.82) is 0 Å². The molecule has 4 nitrogen and oxygen atoms in total. The predicted molar refractivity (Wildman–Crippen MR) is 170 cm³/mol. The minimum absolute atomic E-state index is 0. The monoisotopic (exact) mass is 682 g/mol. The number of hydrogen-bond donors (Lipinski definition) is 0. The number of nitrogens with zero attached hydrogens (tertiary/aromatic N) is 4. The van der Waals surface area contributed by atoms with Crippen LogP contribution in [0.15, 0.2) is 91.0 Å². The van der Waals surface area contributed by atoms with E-state index in [4.69, 9.17) is 28.0 Å². The molecule has 2 aromatic carbocycles. The molecule has 5 heterocycles. The smallest absolute Gasteiger partial charge is 0.657 e. The molecule has 2 aliphatic heterocycles. The fourth-order valence-corrected chi connectivity index (χ4v) is 5.56. The number of fused-ring (bicyclic) bond motifs is 8. The summed E-state index contributed by atoms with van der Waals surface area (Å²) in [7, 11) is 0. The summed E-state index contributed by atoms with van der Waals surface area (Å²) >= 11 is 5.06. The van der Waals surface area contributed by atoms with Crippen LogP contribution < -0.4 is 9.97 Å². The molecule has 0 fully saturated rings. The third-order valence-corrected chi connectivity index (χ3v) is 7.75. The van der Waals surface area contributed by atoms with Gasteiger partial charge in [0.15, 0.2) is 0 Å². The molecule has 0 aliphatic carbocycles. The van der Waals surface area contributed by atoms with Crippen molar-refractivity contribution in [3.8, 4) is 34.6 Å². The van der Waals surface area contributed by atoms with Gasteiger partial charge >= 0.3 is 30.8 Å². The fourth-order valence-electron chi connectivity index (χ4n) is 5.46. The molecule has 3 aromatic heterocycles. The molecule has 5 aromatic rings. The molecule has 8 bridgehead atoms. The molecule has 0 unspecified atom stereocenters. The van der Waals surface area contributed by atoms with Crippen LogP contribution in [0.2, 0.25) is 0 Å². The summed E-state index contributed by atoms with van der Waals surface area (Å²) in [5.74, 6) is -2.19. The van der Waals surface area contributed by atoms with Gasteiger partial charge in [-0.3, -0.25) is 0 Å². The molecule has 0 atom stereocenters. The van der Waals surface area contributed by atoms with E-state index in [-0.39, 0.29) is 30.7 Å². The van der Waals surface area contributed by atoms with Crippen LogP contribution in [0, 0.1) is 12.3 Å². The van der Waals surface area contributed by atoms with Crippen LogP contribution in [0.4, 0.5) is 17.6 Å². The Bertz CT molecular complexity index is 2240. The van der Waals surface area contributed by atoms with Crippen LogP contribution in [0.1, 0.15) is 28.3 Å². The van der Waals surface area contributed by atoms with Crippen molar-refractivity contribution in [3.63, 3.8) is 0 Å². The second-order valence-electron chi connectivity index (χ2n) is 10.3. The summed E-state index contributed by atoms with van der Waals surface area (Å²) in [5, 5.41) is -4.94. The van der Waals surface area contributed by atoms with E-state index in [9.17, 15) is 8.78 Å². The van der Waals surface area contributed by atoms with Crippen LogP contribution in [0.3, 0.4) is 0 Å². The summed E-state index contributed by atoms with van der Waals surface area (Å²) < 4.78 is 60.2. The first-order valence-electron chi connectivity index (χ1n) is 13.7. The van der Waals surface area contributed by atoms with Gasteiger partial charge < -0.3 is 9.97 Å². The summed E-state index contributed by atoms with van der Waals surface area (Å²) in [6.07, 6.45) is 10.3. The Morgan fingerprint density at radius 2 is 1.24 bits per heavy atom. The first-order valence-corrected chi connectivity index (χ1v) is 14.1. The number of halogens is 5. The van der Waals surface area contributed by atoms with Gasteiger partial charge in [0.25, 0.3) is 0 Å². The molecule has 0 spiro atoms. The predicted octanol–water partition coefficient (Wildman–Crippen LogP) is 9.17. The SMILES string of the molecule is C#CC1=Cc2nc1cc1ccc([n-]1)c(-c1ccccc1)c1nc(c(C(F)(F)C(F)(F)Cl)c3ccc([n-]3)c2-c2ccccc2)C=C1.[Zn+2]. The number of terminal acetylenes is 1. The minimum atomic E-state index is -4.94. The summed E-state index contributed by atoms with van der Waals surface area (Å²) in [6, 6.07) is 26.2. The van der Waals surface area contributed by atoms with E-state index in [0.29, 0.717) is 50.2 Å². The number of benzene rings is 2. The van der Waals surface area contributed by atoms with Crippen LogP contribution >= 0.6 is 11.6 Å². The zero-order valence-electron chi connectivity index (χ0n) is 23.9. The third-order valence-electron chi connectivity index (χ3n) is 7.51. The molecule has 10 heteroatoms. The van der Waals surface area contributed by atoms with Gasteiger partial charge in [-0.2, -0.15) is 17.6 Å². The maximum atomic E-state index is 15.7. The average molecular weight is 684 g/mol. The van der Waals surface area contributed by atoms with Gasteiger partial charge in [-0.15, -0.1) is 28.5 Å². The van der Waals surface area contributed by atoms with Crippen LogP contribution in [-0.2, 0) is 25.4 Å². The molecular formula is C36H19ClF4N4Zn. The summed E-state index contributed by atoms with van der Waals surface area (Å²) in [6.45, 7) is 0. The number of aromatic nitrogens is 4. The van der Waals surface area contributed by atoms with Crippen LogP contribution in [-0.4, -0.2) is 15.3 Å². The van der Waals surface area contributed by atoms with E-state index < -0.39 is 28.1 Å². The Hall–Kier alpha value is -4.77. The quantitative estimate of drug-likeness (QED) is 0.0805. The van der Waals surface area contributed by atoms with Crippen LogP contribution in [0.5, 0.6) is 0 Å². The molecule has 2 aliphatic rings. The summed E-state index contributed by atoms with van der Waals surface area (Å²) in [5.41, 5.74) is 3.29. The topological polar surface area (TPSA) is 54.0 Å². The number of rotatable bonds is 4. The minimum Gasteiger partial charge on any atom is -0.657 e. The first kappa shape index (κ1) is 31.2. The van der Waals surface area contributed by atoms with Gasteiger partial charge in [0, 0.05) is 5.56 Å². The van der Waals surface area contributed by atoms with E-state index in [0.717, 1.165) is 0 Å². The Morgan fingerprint density at radius 1 is 0.674 bits per heavy atom.